The van der Waals surface area contributed by atoms with Crippen molar-refractivity contribution in [3.05, 3.63) is 71.8 Å². The van der Waals surface area contributed by atoms with Crippen LogP contribution in [-0.2, 0) is 9.53 Å². The van der Waals surface area contributed by atoms with Crippen molar-refractivity contribution in [2.45, 2.75) is 37.4 Å². The lowest BCUT2D eigenvalue weighted by atomic mass is 9.58. The smallest absolute Gasteiger partial charge is 0.234 e. The molecule has 1 heterocycles. The van der Waals surface area contributed by atoms with Crippen LogP contribution in [0.25, 0.3) is 0 Å². The molecular formula is C23H27NO3. The molecular weight excluding hydrogens is 338 g/mol. The highest BCUT2D eigenvalue weighted by atomic mass is 16.5. The first kappa shape index (κ1) is 18.2. The fourth-order valence-electron chi connectivity index (χ4n) is 4.81. The van der Waals surface area contributed by atoms with Crippen LogP contribution in [-0.4, -0.2) is 48.3 Å². The maximum atomic E-state index is 13.5. The summed E-state index contributed by atoms with van der Waals surface area (Å²) in [4.78, 5) is 15.4. The Hall–Kier alpha value is -2.17. The van der Waals surface area contributed by atoms with E-state index in [2.05, 4.69) is 0 Å². The Morgan fingerprint density at radius 2 is 1.56 bits per heavy atom. The Bertz CT molecular complexity index is 729. The van der Waals surface area contributed by atoms with Crippen LogP contribution < -0.4 is 0 Å². The summed E-state index contributed by atoms with van der Waals surface area (Å²) in [6.45, 7) is 1.35. The Morgan fingerprint density at radius 1 is 1.04 bits per heavy atom. The molecule has 142 valence electrons. The van der Waals surface area contributed by atoms with Gasteiger partial charge in [0.25, 0.3) is 0 Å². The summed E-state index contributed by atoms with van der Waals surface area (Å²) in [5, 5.41) is 10.3. The van der Waals surface area contributed by atoms with Gasteiger partial charge in [-0.15, -0.1) is 0 Å². The second-order valence-corrected chi connectivity index (χ2v) is 7.79. The van der Waals surface area contributed by atoms with E-state index in [1.165, 1.54) is 0 Å². The quantitative estimate of drug-likeness (QED) is 0.905. The van der Waals surface area contributed by atoms with Gasteiger partial charge < -0.3 is 14.7 Å². The number of hydrogen-bond donors (Lipinski definition) is 1. The van der Waals surface area contributed by atoms with Crippen molar-refractivity contribution in [2.75, 3.05) is 20.2 Å². The van der Waals surface area contributed by atoms with Crippen LogP contribution in [0.5, 0.6) is 0 Å². The Labute approximate surface area is 160 Å². The minimum absolute atomic E-state index is 0.115. The molecule has 0 aromatic heterocycles. The number of aliphatic hydroxyl groups excluding tert-OH is 1. The van der Waals surface area contributed by atoms with E-state index in [9.17, 15) is 9.90 Å². The number of piperidine rings is 1. The predicted molar refractivity (Wildman–Crippen MR) is 104 cm³/mol. The van der Waals surface area contributed by atoms with Gasteiger partial charge in [-0.3, -0.25) is 4.79 Å². The SMILES string of the molecule is CO[C@H]1C[C@@H](O)C12CCN(C(=O)C(c1ccccc1)c1ccccc1)CC2. The molecule has 1 saturated carbocycles. The summed E-state index contributed by atoms with van der Waals surface area (Å²) in [5.41, 5.74) is 1.88. The summed E-state index contributed by atoms with van der Waals surface area (Å²) in [7, 11) is 1.72. The maximum absolute atomic E-state index is 13.5. The van der Waals surface area contributed by atoms with Crippen LogP contribution in [0.3, 0.4) is 0 Å². The lowest BCUT2D eigenvalue weighted by molar-refractivity contribution is -0.202. The van der Waals surface area contributed by atoms with Gasteiger partial charge in [0.2, 0.25) is 5.91 Å². The van der Waals surface area contributed by atoms with Gasteiger partial charge in [-0.05, 0) is 24.0 Å². The molecule has 0 bridgehead atoms. The van der Waals surface area contributed by atoms with E-state index in [1.54, 1.807) is 7.11 Å². The van der Waals surface area contributed by atoms with Gasteiger partial charge in [-0.25, -0.2) is 0 Å². The van der Waals surface area contributed by atoms with Crippen molar-refractivity contribution >= 4 is 5.91 Å². The highest BCUT2D eigenvalue weighted by Crippen LogP contribution is 2.51. The molecule has 2 atom stereocenters. The van der Waals surface area contributed by atoms with E-state index < -0.39 is 0 Å². The van der Waals surface area contributed by atoms with Crippen molar-refractivity contribution in [1.82, 2.24) is 4.90 Å². The van der Waals surface area contributed by atoms with Crippen LogP contribution in [0, 0.1) is 5.41 Å². The van der Waals surface area contributed by atoms with E-state index in [4.69, 9.17) is 4.74 Å². The van der Waals surface area contributed by atoms with Crippen molar-refractivity contribution in [2.24, 2.45) is 5.41 Å². The monoisotopic (exact) mass is 365 g/mol. The van der Waals surface area contributed by atoms with E-state index in [0.29, 0.717) is 19.5 Å². The average molecular weight is 365 g/mol. The van der Waals surface area contributed by atoms with Crippen LogP contribution in [0.4, 0.5) is 0 Å². The van der Waals surface area contributed by atoms with E-state index in [-0.39, 0.29) is 29.4 Å². The molecule has 0 unspecified atom stereocenters. The maximum Gasteiger partial charge on any atom is 0.234 e. The summed E-state index contributed by atoms with van der Waals surface area (Å²) < 4.78 is 5.57. The average Bonchev–Trinajstić information content (AvgIpc) is 2.73. The number of carbonyl (C=O) groups excluding carboxylic acids is 1. The number of nitrogens with zero attached hydrogens (tertiary/aromatic N) is 1. The number of rotatable bonds is 4. The van der Waals surface area contributed by atoms with Gasteiger partial charge in [0.05, 0.1) is 18.1 Å². The second-order valence-electron chi connectivity index (χ2n) is 7.79. The standard InChI is InChI=1S/C23H27NO3/c1-27-20-16-19(25)23(20)12-14-24(15-13-23)22(26)21(17-8-4-2-5-9-17)18-10-6-3-7-11-18/h2-11,19-21,25H,12-16H2,1H3/t19-,20+/m1/s1. The lowest BCUT2D eigenvalue weighted by Gasteiger charge is -2.56. The van der Waals surface area contributed by atoms with Crippen LogP contribution >= 0.6 is 0 Å². The molecule has 1 saturated heterocycles. The highest BCUT2D eigenvalue weighted by molar-refractivity contribution is 5.87. The number of methoxy groups -OCH3 is 1. The molecule has 2 aliphatic rings. The second kappa shape index (κ2) is 7.45. The molecule has 4 rings (SSSR count). The summed E-state index contributed by atoms with van der Waals surface area (Å²) in [5.74, 6) is -0.143. The first-order valence-electron chi connectivity index (χ1n) is 9.75. The number of benzene rings is 2. The molecule has 2 aromatic rings. The van der Waals surface area contributed by atoms with Gasteiger partial charge >= 0.3 is 0 Å². The van der Waals surface area contributed by atoms with Crippen LogP contribution in [0.15, 0.2) is 60.7 Å². The number of hydrogen-bond acceptors (Lipinski definition) is 3. The highest BCUT2D eigenvalue weighted by Gasteiger charge is 2.56. The summed E-state index contributed by atoms with van der Waals surface area (Å²) >= 11 is 0. The van der Waals surface area contributed by atoms with Gasteiger partial charge in [0.1, 0.15) is 0 Å². The summed E-state index contributed by atoms with van der Waals surface area (Å²) in [6, 6.07) is 20.0. The van der Waals surface area contributed by atoms with E-state index >= 15 is 0 Å². The molecule has 1 spiro atoms. The molecule has 4 heteroatoms. The normalized spacial score (nSPS) is 24.0. The number of aliphatic hydroxyl groups is 1. The topological polar surface area (TPSA) is 49.8 Å². The van der Waals surface area contributed by atoms with Gasteiger partial charge in [0, 0.05) is 32.0 Å². The van der Waals surface area contributed by atoms with Crippen molar-refractivity contribution in [3.63, 3.8) is 0 Å². The molecule has 27 heavy (non-hydrogen) atoms. The Balaban J connectivity index is 1.55. The zero-order valence-corrected chi connectivity index (χ0v) is 15.8. The molecule has 2 fully saturated rings. The molecule has 0 radical (unpaired) electrons. The predicted octanol–water partition coefficient (Wildman–Crippen LogP) is 3.21. The van der Waals surface area contributed by atoms with E-state index in [1.807, 2.05) is 65.6 Å². The Morgan fingerprint density at radius 3 is 2.00 bits per heavy atom. The van der Waals surface area contributed by atoms with Gasteiger partial charge in [0.15, 0.2) is 0 Å². The number of carbonyl (C=O) groups is 1. The van der Waals surface area contributed by atoms with Crippen molar-refractivity contribution in [3.8, 4) is 0 Å². The third-order valence-corrected chi connectivity index (χ3v) is 6.55. The number of amides is 1. The largest absolute Gasteiger partial charge is 0.392 e. The first-order valence-corrected chi connectivity index (χ1v) is 9.75. The fraction of sp³-hybridized carbons (Fsp3) is 0.435. The summed E-state index contributed by atoms with van der Waals surface area (Å²) in [6.07, 6.45) is 2.12. The van der Waals surface area contributed by atoms with Crippen molar-refractivity contribution in [1.29, 1.82) is 0 Å². The lowest BCUT2D eigenvalue weighted by Crippen LogP contribution is -2.62. The van der Waals surface area contributed by atoms with Crippen molar-refractivity contribution < 1.29 is 14.6 Å². The zero-order chi connectivity index (χ0) is 18.9. The molecule has 1 aliphatic carbocycles. The third-order valence-electron chi connectivity index (χ3n) is 6.55. The molecule has 1 N–H and O–H groups in total. The number of likely N-dealkylation sites (tertiary alicyclic amines) is 1. The molecule has 2 aromatic carbocycles. The number of ether oxygens (including phenoxy) is 1. The molecule has 1 amide bonds. The van der Waals surface area contributed by atoms with E-state index in [0.717, 1.165) is 24.0 Å². The molecule has 4 nitrogen and oxygen atoms in total. The zero-order valence-electron chi connectivity index (χ0n) is 15.8. The third kappa shape index (κ3) is 3.17. The Kier molecular flexibility index (Phi) is 5.02. The fourth-order valence-corrected chi connectivity index (χ4v) is 4.81. The van der Waals surface area contributed by atoms with Gasteiger partial charge in [-0.2, -0.15) is 0 Å². The molecule has 1 aliphatic heterocycles. The first-order chi connectivity index (χ1) is 13.2. The van der Waals surface area contributed by atoms with Gasteiger partial charge in [-0.1, -0.05) is 60.7 Å². The minimum atomic E-state index is -0.307. The minimum Gasteiger partial charge on any atom is -0.392 e. The van der Waals surface area contributed by atoms with Crippen LogP contribution in [0.1, 0.15) is 36.3 Å². The van der Waals surface area contributed by atoms with Crippen LogP contribution in [0.2, 0.25) is 0 Å².